The molecule has 1 fully saturated rings. The zero-order valence-electron chi connectivity index (χ0n) is 20.0. The first kappa shape index (κ1) is 24.8. The first-order valence-corrected chi connectivity index (χ1v) is 12.9. The summed E-state index contributed by atoms with van der Waals surface area (Å²) in [4.78, 5) is 43.2. The summed E-state index contributed by atoms with van der Waals surface area (Å²) >= 11 is 1.16. The summed E-state index contributed by atoms with van der Waals surface area (Å²) in [5.41, 5.74) is 0.444. The first-order valence-electron chi connectivity index (χ1n) is 12.0. The van der Waals surface area contributed by atoms with Crippen molar-refractivity contribution in [1.82, 2.24) is 20.2 Å². The van der Waals surface area contributed by atoms with Crippen LogP contribution in [0.1, 0.15) is 34.7 Å². The number of carbonyl (C=O) groups is 2. The summed E-state index contributed by atoms with van der Waals surface area (Å²) in [6, 6.07) is 11.8. The molecule has 10 nitrogen and oxygen atoms in total. The molecule has 0 spiro atoms. The predicted octanol–water partition coefficient (Wildman–Crippen LogP) is 2.95. The molecule has 1 aliphatic heterocycles. The summed E-state index contributed by atoms with van der Waals surface area (Å²) in [7, 11) is 0. The van der Waals surface area contributed by atoms with E-state index in [1.807, 2.05) is 0 Å². The van der Waals surface area contributed by atoms with Gasteiger partial charge in [0.2, 0.25) is 5.91 Å². The molecule has 4 heterocycles. The van der Waals surface area contributed by atoms with E-state index in [9.17, 15) is 14.4 Å². The number of amides is 2. The van der Waals surface area contributed by atoms with Gasteiger partial charge in [0.1, 0.15) is 11.5 Å². The maximum Gasteiger partial charge on any atom is 0.262 e. The lowest BCUT2D eigenvalue weighted by Crippen LogP contribution is -2.33. The smallest absolute Gasteiger partial charge is 0.262 e. The van der Waals surface area contributed by atoms with Gasteiger partial charge in [-0.2, -0.15) is 0 Å². The second-order valence-corrected chi connectivity index (χ2v) is 9.53. The van der Waals surface area contributed by atoms with Gasteiger partial charge in [0.15, 0.2) is 5.16 Å². The molecule has 3 aromatic heterocycles. The average Bonchev–Trinajstić information content (AvgIpc) is 3.70. The van der Waals surface area contributed by atoms with Crippen LogP contribution in [0.2, 0.25) is 0 Å². The van der Waals surface area contributed by atoms with Gasteiger partial charge in [-0.25, -0.2) is 4.98 Å². The van der Waals surface area contributed by atoms with Crippen molar-refractivity contribution in [3.05, 3.63) is 82.4 Å². The Morgan fingerprint density at radius 1 is 1.08 bits per heavy atom. The molecule has 0 aliphatic carbocycles. The average molecular weight is 523 g/mol. The fourth-order valence-corrected chi connectivity index (χ4v) is 4.88. The van der Waals surface area contributed by atoms with Gasteiger partial charge in [-0.3, -0.25) is 19.0 Å². The number of nitrogens with zero attached hydrogens (tertiary/aromatic N) is 2. The van der Waals surface area contributed by atoms with Crippen LogP contribution in [0, 0.1) is 0 Å². The van der Waals surface area contributed by atoms with Gasteiger partial charge >= 0.3 is 0 Å². The lowest BCUT2D eigenvalue weighted by atomic mass is 10.1. The number of carbonyl (C=O) groups excluding carboxylic acids is 2. The predicted molar refractivity (Wildman–Crippen MR) is 136 cm³/mol. The fourth-order valence-electron chi connectivity index (χ4n) is 4.05. The molecule has 5 rings (SSSR count). The molecular formula is C26H26N4O6S. The van der Waals surface area contributed by atoms with Crippen LogP contribution in [0.3, 0.4) is 0 Å². The van der Waals surface area contributed by atoms with Crippen LogP contribution in [-0.2, 0) is 22.6 Å². The summed E-state index contributed by atoms with van der Waals surface area (Å²) < 4.78 is 17.7. The zero-order chi connectivity index (χ0) is 25.6. The number of thioether (sulfide) groups is 1. The van der Waals surface area contributed by atoms with Gasteiger partial charge in [-0.1, -0.05) is 11.8 Å². The third-order valence-electron chi connectivity index (χ3n) is 5.96. The number of aromatic nitrogens is 2. The van der Waals surface area contributed by atoms with E-state index in [1.165, 1.54) is 17.1 Å². The molecular weight excluding hydrogens is 496 g/mol. The quantitative estimate of drug-likeness (QED) is 0.240. The van der Waals surface area contributed by atoms with E-state index in [1.54, 1.807) is 42.5 Å². The number of benzene rings is 1. The minimum Gasteiger partial charge on any atom is -0.467 e. The Bertz CT molecular complexity index is 1430. The van der Waals surface area contributed by atoms with Crippen molar-refractivity contribution in [3.63, 3.8) is 0 Å². The third kappa shape index (κ3) is 6.12. The molecule has 1 aromatic carbocycles. The van der Waals surface area contributed by atoms with Crippen LogP contribution in [0.5, 0.6) is 0 Å². The van der Waals surface area contributed by atoms with E-state index in [0.29, 0.717) is 39.7 Å². The minimum absolute atomic E-state index is 0.0437. The van der Waals surface area contributed by atoms with Gasteiger partial charge in [-0.05, 0) is 55.3 Å². The van der Waals surface area contributed by atoms with Crippen LogP contribution < -0.4 is 16.2 Å². The maximum absolute atomic E-state index is 13.4. The van der Waals surface area contributed by atoms with Gasteiger partial charge in [-0.15, -0.1) is 0 Å². The highest BCUT2D eigenvalue weighted by Crippen LogP contribution is 2.20. The third-order valence-corrected chi connectivity index (χ3v) is 6.94. The number of furan rings is 2. The van der Waals surface area contributed by atoms with E-state index in [0.717, 1.165) is 31.2 Å². The fraction of sp³-hybridized carbons (Fsp3) is 0.308. The van der Waals surface area contributed by atoms with E-state index in [4.69, 9.17) is 13.6 Å². The number of ether oxygens (including phenoxy) is 1. The Morgan fingerprint density at radius 2 is 1.89 bits per heavy atom. The molecule has 0 unspecified atom stereocenters. The number of hydrogen-bond acceptors (Lipinski definition) is 8. The number of rotatable bonds is 10. The molecule has 11 heteroatoms. The zero-order valence-corrected chi connectivity index (χ0v) is 20.8. The van der Waals surface area contributed by atoms with Gasteiger partial charge in [0.05, 0.1) is 48.4 Å². The Kier molecular flexibility index (Phi) is 7.71. The van der Waals surface area contributed by atoms with Crippen molar-refractivity contribution in [2.75, 3.05) is 18.9 Å². The van der Waals surface area contributed by atoms with Crippen LogP contribution in [0.4, 0.5) is 0 Å². The molecule has 2 amide bonds. The Balaban J connectivity index is 1.37. The largest absolute Gasteiger partial charge is 0.467 e. The summed E-state index contributed by atoms with van der Waals surface area (Å²) in [6.45, 7) is 1.59. The van der Waals surface area contributed by atoms with Crippen LogP contribution in [0.15, 0.2) is 73.8 Å². The van der Waals surface area contributed by atoms with Crippen molar-refractivity contribution in [1.29, 1.82) is 0 Å². The van der Waals surface area contributed by atoms with Crippen molar-refractivity contribution in [2.24, 2.45) is 0 Å². The standard InChI is InChI=1S/C26H26N4O6S/c31-23(27-13-18-4-1-9-34-18)16-37-26-29-22-12-17(24(32)28-14-19-5-2-10-35-19)7-8-21(22)25(33)30(26)15-20-6-3-11-36-20/h2-3,5-8,10-12,18H,1,4,9,13-16H2,(H,27,31)(H,28,32)/t18-/m0/s1. The molecule has 1 aliphatic rings. The molecule has 0 bridgehead atoms. The number of fused-ring (bicyclic) bond motifs is 1. The van der Waals surface area contributed by atoms with E-state index < -0.39 is 0 Å². The van der Waals surface area contributed by atoms with Crippen LogP contribution in [0.25, 0.3) is 10.9 Å². The van der Waals surface area contributed by atoms with Crippen molar-refractivity contribution < 1.29 is 23.2 Å². The van der Waals surface area contributed by atoms with Gasteiger partial charge in [0.25, 0.3) is 11.5 Å². The Morgan fingerprint density at radius 3 is 2.62 bits per heavy atom. The molecule has 2 N–H and O–H groups in total. The van der Waals surface area contributed by atoms with Gasteiger partial charge < -0.3 is 24.2 Å². The van der Waals surface area contributed by atoms with E-state index in [-0.39, 0.29) is 42.3 Å². The molecule has 0 radical (unpaired) electrons. The highest BCUT2D eigenvalue weighted by molar-refractivity contribution is 7.99. The first-order chi connectivity index (χ1) is 18.1. The second kappa shape index (κ2) is 11.5. The Hall–Kier alpha value is -3.83. The molecule has 1 atom stereocenters. The number of hydrogen-bond donors (Lipinski definition) is 2. The highest BCUT2D eigenvalue weighted by Gasteiger charge is 2.19. The second-order valence-electron chi connectivity index (χ2n) is 8.59. The van der Waals surface area contributed by atoms with Crippen LogP contribution in [-0.4, -0.2) is 46.4 Å². The summed E-state index contributed by atoms with van der Waals surface area (Å²) in [5, 5.41) is 6.39. The van der Waals surface area contributed by atoms with Crippen molar-refractivity contribution >= 4 is 34.5 Å². The summed E-state index contributed by atoms with van der Waals surface area (Å²) in [6.07, 6.45) is 5.05. The highest BCUT2D eigenvalue weighted by atomic mass is 32.2. The van der Waals surface area contributed by atoms with E-state index >= 15 is 0 Å². The SMILES string of the molecule is O=C(CSc1nc2cc(C(=O)NCc3ccco3)ccc2c(=O)n1Cc1ccco1)NC[C@@H]1CCCO1. The monoisotopic (exact) mass is 522 g/mol. The molecule has 1 saturated heterocycles. The molecule has 37 heavy (non-hydrogen) atoms. The normalized spacial score (nSPS) is 15.2. The van der Waals surface area contributed by atoms with Crippen molar-refractivity contribution in [3.8, 4) is 0 Å². The lowest BCUT2D eigenvalue weighted by Gasteiger charge is -2.14. The molecule has 0 saturated carbocycles. The van der Waals surface area contributed by atoms with Gasteiger partial charge in [0, 0.05) is 18.7 Å². The lowest BCUT2D eigenvalue weighted by molar-refractivity contribution is -0.119. The van der Waals surface area contributed by atoms with E-state index in [2.05, 4.69) is 15.6 Å². The Labute approximate surface area is 216 Å². The van der Waals surface area contributed by atoms with Crippen molar-refractivity contribution in [2.45, 2.75) is 37.2 Å². The molecule has 4 aromatic rings. The topological polar surface area (TPSA) is 129 Å². The summed E-state index contributed by atoms with van der Waals surface area (Å²) in [5.74, 6) is 0.797. The minimum atomic E-state index is -0.317. The number of nitrogens with one attached hydrogen (secondary N) is 2. The van der Waals surface area contributed by atoms with Crippen LogP contribution >= 0.6 is 11.8 Å². The maximum atomic E-state index is 13.4. The molecule has 192 valence electrons.